The van der Waals surface area contributed by atoms with Crippen molar-refractivity contribution in [2.24, 2.45) is 0 Å². The van der Waals surface area contributed by atoms with E-state index in [9.17, 15) is 5.26 Å². The summed E-state index contributed by atoms with van der Waals surface area (Å²) >= 11 is 2.00. The third-order valence-corrected chi connectivity index (χ3v) is 4.20. The molecule has 0 aromatic carbocycles. The van der Waals surface area contributed by atoms with Crippen LogP contribution in [0.15, 0.2) is 12.3 Å². The summed E-state index contributed by atoms with van der Waals surface area (Å²) in [6, 6.07) is 4.18. The van der Waals surface area contributed by atoms with Gasteiger partial charge in [0.1, 0.15) is 11.9 Å². The van der Waals surface area contributed by atoms with Crippen molar-refractivity contribution in [1.82, 2.24) is 4.98 Å². The van der Waals surface area contributed by atoms with Crippen molar-refractivity contribution >= 4 is 17.6 Å². The molecule has 0 saturated carbocycles. The van der Waals surface area contributed by atoms with E-state index in [2.05, 4.69) is 29.8 Å². The van der Waals surface area contributed by atoms with Gasteiger partial charge < -0.3 is 4.90 Å². The molecule has 0 amide bonds. The minimum absolute atomic E-state index is 0.590. The van der Waals surface area contributed by atoms with Crippen LogP contribution >= 0.6 is 11.8 Å². The van der Waals surface area contributed by atoms with Crippen LogP contribution in [-0.4, -0.2) is 28.6 Å². The molecule has 1 aliphatic rings. The molecule has 1 aliphatic heterocycles. The van der Waals surface area contributed by atoms with E-state index in [1.54, 1.807) is 6.20 Å². The van der Waals surface area contributed by atoms with Gasteiger partial charge in [-0.1, -0.05) is 13.8 Å². The zero-order valence-electron chi connectivity index (χ0n) is 10.5. The third kappa shape index (κ3) is 2.55. The fourth-order valence-corrected chi connectivity index (χ4v) is 3.60. The summed E-state index contributed by atoms with van der Waals surface area (Å²) in [4.78, 5) is 6.64. The van der Waals surface area contributed by atoms with Crippen LogP contribution in [0, 0.1) is 18.3 Å². The van der Waals surface area contributed by atoms with Crippen LogP contribution in [0.3, 0.4) is 0 Å². The van der Waals surface area contributed by atoms with Crippen LogP contribution in [0.4, 0.5) is 5.82 Å². The van der Waals surface area contributed by atoms with E-state index >= 15 is 0 Å². The Morgan fingerprint density at radius 2 is 2.06 bits per heavy atom. The fraction of sp³-hybridized carbons (Fsp3) is 0.538. The SMILES string of the molecule is Cc1ccnc(N2CC(C)SC(C)C2)c1C#N. The van der Waals surface area contributed by atoms with E-state index in [-0.39, 0.29) is 0 Å². The predicted octanol–water partition coefficient (Wildman–Crippen LogP) is 2.59. The molecular weight excluding hydrogens is 230 g/mol. The highest BCUT2D eigenvalue weighted by molar-refractivity contribution is 8.00. The largest absolute Gasteiger partial charge is 0.353 e. The second-order valence-corrected chi connectivity index (χ2v) is 6.48. The van der Waals surface area contributed by atoms with Crippen LogP contribution in [0.5, 0.6) is 0 Å². The van der Waals surface area contributed by atoms with Crippen LogP contribution < -0.4 is 4.90 Å². The molecule has 0 N–H and O–H groups in total. The zero-order valence-corrected chi connectivity index (χ0v) is 11.3. The van der Waals surface area contributed by atoms with E-state index in [0.717, 1.165) is 30.0 Å². The molecular formula is C13H17N3S. The van der Waals surface area contributed by atoms with Crippen molar-refractivity contribution in [3.8, 4) is 6.07 Å². The maximum absolute atomic E-state index is 9.24. The molecule has 2 heterocycles. The topological polar surface area (TPSA) is 39.9 Å². The first-order chi connectivity index (χ1) is 8.11. The molecule has 1 aromatic rings. The normalized spacial score (nSPS) is 24.5. The lowest BCUT2D eigenvalue weighted by Crippen LogP contribution is -2.41. The molecule has 4 heteroatoms. The molecule has 3 nitrogen and oxygen atoms in total. The van der Waals surface area contributed by atoms with Crippen molar-refractivity contribution in [1.29, 1.82) is 5.26 Å². The summed E-state index contributed by atoms with van der Waals surface area (Å²) in [5.41, 5.74) is 1.73. The molecule has 0 bridgehead atoms. The Labute approximate surface area is 107 Å². The molecule has 1 fully saturated rings. The van der Waals surface area contributed by atoms with Gasteiger partial charge in [0.25, 0.3) is 0 Å². The smallest absolute Gasteiger partial charge is 0.146 e. The number of aryl methyl sites for hydroxylation is 1. The molecule has 2 unspecified atom stereocenters. The Hall–Kier alpha value is -1.21. The van der Waals surface area contributed by atoms with Gasteiger partial charge in [0, 0.05) is 29.8 Å². The van der Waals surface area contributed by atoms with E-state index in [1.165, 1.54) is 0 Å². The Morgan fingerprint density at radius 1 is 1.41 bits per heavy atom. The maximum atomic E-state index is 9.24. The minimum Gasteiger partial charge on any atom is -0.353 e. The summed E-state index contributed by atoms with van der Waals surface area (Å²) in [5.74, 6) is 0.853. The molecule has 17 heavy (non-hydrogen) atoms. The van der Waals surface area contributed by atoms with Gasteiger partial charge in [-0.25, -0.2) is 4.98 Å². The highest BCUT2D eigenvalue weighted by Crippen LogP contribution is 2.29. The highest BCUT2D eigenvalue weighted by atomic mass is 32.2. The Bertz CT molecular complexity index is 442. The van der Waals surface area contributed by atoms with Crippen molar-refractivity contribution in [3.05, 3.63) is 23.4 Å². The molecule has 2 atom stereocenters. The molecule has 1 saturated heterocycles. The fourth-order valence-electron chi connectivity index (χ4n) is 2.27. The Kier molecular flexibility index (Phi) is 3.58. The molecule has 0 radical (unpaired) electrons. The first kappa shape index (κ1) is 12.3. The molecule has 90 valence electrons. The van der Waals surface area contributed by atoms with E-state index < -0.39 is 0 Å². The quantitative estimate of drug-likeness (QED) is 0.764. The number of nitrogens with zero attached hydrogens (tertiary/aromatic N) is 3. The zero-order chi connectivity index (χ0) is 12.4. The summed E-state index contributed by atoms with van der Waals surface area (Å²) in [7, 11) is 0. The van der Waals surface area contributed by atoms with E-state index in [1.807, 2.05) is 24.8 Å². The number of nitriles is 1. The number of thioether (sulfide) groups is 1. The summed E-state index contributed by atoms with van der Waals surface area (Å²) in [6.07, 6.45) is 1.79. The average Bonchev–Trinajstić information content (AvgIpc) is 2.27. The van der Waals surface area contributed by atoms with Gasteiger partial charge in [0.15, 0.2) is 0 Å². The number of hydrogen-bond donors (Lipinski definition) is 0. The second kappa shape index (κ2) is 4.97. The number of rotatable bonds is 1. The van der Waals surface area contributed by atoms with Gasteiger partial charge in [-0.15, -0.1) is 0 Å². The van der Waals surface area contributed by atoms with Crippen molar-refractivity contribution in [3.63, 3.8) is 0 Å². The standard InChI is InChI=1S/C13H17N3S/c1-9-4-5-15-13(12(9)6-14)16-7-10(2)17-11(3)8-16/h4-5,10-11H,7-8H2,1-3H3. The molecule has 2 rings (SSSR count). The van der Waals surface area contributed by atoms with Crippen molar-refractivity contribution in [2.45, 2.75) is 31.3 Å². The van der Waals surface area contributed by atoms with Crippen molar-refractivity contribution in [2.75, 3.05) is 18.0 Å². The van der Waals surface area contributed by atoms with E-state index in [4.69, 9.17) is 0 Å². The lowest BCUT2D eigenvalue weighted by Gasteiger charge is -2.35. The Balaban J connectivity index is 2.34. The highest BCUT2D eigenvalue weighted by Gasteiger charge is 2.25. The lowest BCUT2D eigenvalue weighted by atomic mass is 10.1. The van der Waals surface area contributed by atoms with Gasteiger partial charge in [0.05, 0.1) is 5.56 Å². The second-order valence-electron chi connectivity index (χ2n) is 4.60. The molecule has 0 aliphatic carbocycles. The van der Waals surface area contributed by atoms with Gasteiger partial charge in [-0.3, -0.25) is 0 Å². The van der Waals surface area contributed by atoms with Crippen LogP contribution in [0.1, 0.15) is 25.0 Å². The monoisotopic (exact) mass is 247 g/mol. The van der Waals surface area contributed by atoms with Crippen LogP contribution in [0.25, 0.3) is 0 Å². The summed E-state index contributed by atoms with van der Waals surface area (Å²) < 4.78 is 0. The molecule has 1 aromatic heterocycles. The number of aromatic nitrogens is 1. The van der Waals surface area contributed by atoms with Crippen molar-refractivity contribution < 1.29 is 0 Å². The number of anilines is 1. The first-order valence-corrected chi connectivity index (χ1v) is 6.82. The van der Waals surface area contributed by atoms with Crippen LogP contribution in [0.2, 0.25) is 0 Å². The number of pyridine rings is 1. The maximum Gasteiger partial charge on any atom is 0.146 e. The van der Waals surface area contributed by atoms with Gasteiger partial charge in [-0.2, -0.15) is 17.0 Å². The third-order valence-electron chi connectivity index (χ3n) is 2.97. The van der Waals surface area contributed by atoms with Gasteiger partial charge in [-0.05, 0) is 18.6 Å². The van der Waals surface area contributed by atoms with Crippen LogP contribution in [-0.2, 0) is 0 Å². The minimum atomic E-state index is 0.590. The molecule has 0 spiro atoms. The number of hydrogen-bond acceptors (Lipinski definition) is 4. The summed E-state index contributed by atoms with van der Waals surface area (Å²) in [5, 5.41) is 10.4. The summed E-state index contributed by atoms with van der Waals surface area (Å²) in [6.45, 7) is 8.37. The Morgan fingerprint density at radius 3 is 2.65 bits per heavy atom. The first-order valence-electron chi connectivity index (χ1n) is 5.88. The average molecular weight is 247 g/mol. The van der Waals surface area contributed by atoms with Gasteiger partial charge >= 0.3 is 0 Å². The van der Waals surface area contributed by atoms with Gasteiger partial charge in [0.2, 0.25) is 0 Å². The van der Waals surface area contributed by atoms with E-state index in [0.29, 0.717) is 10.5 Å². The lowest BCUT2D eigenvalue weighted by molar-refractivity contribution is 0.717. The predicted molar refractivity (Wildman–Crippen MR) is 72.4 cm³/mol.